The van der Waals surface area contributed by atoms with E-state index in [1.165, 1.54) is 36.5 Å². The molecule has 0 amide bonds. The predicted molar refractivity (Wildman–Crippen MR) is 111 cm³/mol. The zero-order valence-corrected chi connectivity index (χ0v) is 16.8. The van der Waals surface area contributed by atoms with Crippen LogP contribution in [-0.4, -0.2) is 9.55 Å². The SMILES string of the molecule is Cc1ccc(-n2c(C)cc(-c3nc4ccccc4s3)c2C)cc1I. The number of hydrogen-bond acceptors (Lipinski definition) is 2. The molecule has 4 rings (SSSR count). The van der Waals surface area contributed by atoms with Crippen molar-refractivity contribution in [3.63, 3.8) is 0 Å². The molecule has 2 heterocycles. The molecule has 2 aromatic carbocycles. The molecule has 4 aromatic rings. The van der Waals surface area contributed by atoms with Crippen molar-refractivity contribution in [1.29, 1.82) is 0 Å². The molecule has 24 heavy (non-hydrogen) atoms. The van der Waals surface area contributed by atoms with Gasteiger partial charge in [-0.25, -0.2) is 4.98 Å². The molecule has 0 atom stereocenters. The van der Waals surface area contributed by atoms with E-state index >= 15 is 0 Å². The Kier molecular flexibility index (Phi) is 3.96. The number of hydrogen-bond donors (Lipinski definition) is 0. The summed E-state index contributed by atoms with van der Waals surface area (Å²) in [6.45, 7) is 6.49. The molecule has 0 aliphatic rings. The van der Waals surface area contributed by atoms with Crippen LogP contribution in [-0.2, 0) is 0 Å². The van der Waals surface area contributed by atoms with Crippen molar-refractivity contribution >= 4 is 44.1 Å². The molecule has 0 N–H and O–H groups in total. The summed E-state index contributed by atoms with van der Waals surface area (Å²) in [7, 11) is 0. The van der Waals surface area contributed by atoms with Gasteiger partial charge in [-0.1, -0.05) is 18.2 Å². The van der Waals surface area contributed by atoms with Crippen LogP contribution < -0.4 is 0 Å². The summed E-state index contributed by atoms with van der Waals surface area (Å²) < 4.78 is 4.85. The van der Waals surface area contributed by atoms with Crippen molar-refractivity contribution in [3.05, 3.63) is 69.1 Å². The topological polar surface area (TPSA) is 17.8 Å². The van der Waals surface area contributed by atoms with Crippen molar-refractivity contribution in [2.75, 3.05) is 0 Å². The summed E-state index contributed by atoms with van der Waals surface area (Å²) in [4.78, 5) is 4.83. The first-order chi connectivity index (χ1) is 11.5. The highest BCUT2D eigenvalue weighted by atomic mass is 127. The van der Waals surface area contributed by atoms with Crippen molar-refractivity contribution in [2.45, 2.75) is 20.8 Å². The highest BCUT2D eigenvalue weighted by Gasteiger charge is 2.16. The molecule has 2 nitrogen and oxygen atoms in total. The van der Waals surface area contributed by atoms with Gasteiger partial charge in [0.1, 0.15) is 5.01 Å². The summed E-state index contributed by atoms with van der Waals surface area (Å²) in [5.41, 5.74) is 7.31. The van der Waals surface area contributed by atoms with Crippen LogP contribution in [0.15, 0.2) is 48.5 Å². The zero-order valence-electron chi connectivity index (χ0n) is 13.8. The van der Waals surface area contributed by atoms with Gasteiger partial charge in [0, 0.05) is 26.2 Å². The number of halogens is 1. The van der Waals surface area contributed by atoms with Gasteiger partial charge in [-0.3, -0.25) is 0 Å². The molecule has 0 fully saturated rings. The van der Waals surface area contributed by atoms with Gasteiger partial charge in [0.25, 0.3) is 0 Å². The Bertz CT molecular complexity index is 1030. The maximum absolute atomic E-state index is 4.83. The normalized spacial score (nSPS) is 11.3. The number of benzene rings is 2. The molecule has 0 bridgehead atoms. The van der Waals surface area contributed by atoms with Crippen LogP contribution in [0.25, 0.3) is 26.5 Å². The minimum atomic E-state index is 1.08. The summed E-state index contributed by atoms with van der Waals surface area (Å²) in [6, 6.07) is 17.2. The van der Waals surface area contributed by atoms with E-state index in [1.807, 2.05) is 6.07 Å². The van der Waals surface area contributed by atoms with Crippen LogP contribution >= 0.6 is 33.9 Å². The average molecular weight is 444 g/mol. The molecule has 120 valence electrons. The third-order valence-electron chi connectivity index (χ3n) is 4.37. The van der Waals surface area contributed by atoms with E-state index in [1.54, 1.807) is 11.3 Å². The van der Waals surface area contributed by atoms with Crippen molar-refractivity contribution in [3.8, 4) is 16.3 Å². The van der Waals surface area contributed by atoms with Crippen LogP contribution in [0.2, 0.25) is 0 Å². The Hall–Kier alpha value is -1.66. The van der Waals surface area contributed by atoms with Gasteiger partial charge >= 0.3 is 0 Å². The molecule has 0 aliphatic carbocycles. The highest BCUT2D eigenvalue weighted by molar-refractivity contribution is 14.1. The number of thiazole rings is 1. The van der Waals surface area contributed by atoms with E-state index in [9.17, 15) is 0 Å². The van der Waals surface area contributed by atoms with Crippen LogP contribution in [0.4, 0.5) is 0 Å². The predicted octanol–water partition coefficient (Wildman–Crippen LogP) is 6.28. The lowest BCUT2D eigenvalue weighted by Gasteiger charge is -2.11. The molecule has 4 heteroatoms. The molecule has 0 radical (unpaired) electrons. The monoisotopic (exact) mass is 444 g/mol. The van der Waals surface area contributed by atoms with Crippen molar-refractivity contribution in [2.24, 2.45) is 0 Å². The van der Waals surface area contributed by atoms with Gasteiger partial charge < -0.3 is 4.57 Å². The molecule has 0 saturated carbocycles. The Morgan fingerprint density at radius 2 is 1.79 bits per heavy atom. The first kappa shape index (κ1) is 15.8. The number of nitrogens with zero attached hydrogens (tertiary/aromatic N) is 2. The fraction of sp³-hybridized carbons (Fsp3) is 0.150. The number of para-hydroxylation sites is 1. The van der Waals surface area contributed by atoms with E-state index in [2.05, 4.69) is 90.4 Å². The van der Waals surface area contributed by atoms with Crippen LogP contribution in [0.3, 0.4) is 0 Å². The van der Waals surface area contributed by atoms with Gasteiger partial charge in [-0.05, 0) is 79.3 Å². The molecular weight excluding hydrogens is 427 g/mol. The van der Waals surface area contributed by atoms with Crippen LogP contribution in [0.1, 0.15) is 17.0 Å². The summed E-state index contributed by atoms with van der Waals surface area (Å²) in [5.74, 6) is 0. The minimum Gasteiger partial charge on any atom is -0.318 e. The summed E-state index contributed by atoms with van der Waals surface area (Å²) in [6.07, 6.45) is 0. The average Bonchev–Trinajstić information content (AvgIpc) is 3.11. The largest absolute Gasteiger partial charge is 0.318 e. The smallest absolute Gasteiger partial charge is 0.126 e. The third kappa shape index (κ3) is 2.58. The lowest BCUT2D eigenvalue weighted by Crippen LogP contribution is -2.00. The van der Waals surface area contributed by atoms with E-state index in [0.717, 1.165) is 10.5 Å². The lowest BCUT2D eigenvalue weighted by molar-refractivity contribution is 0.964. The number of aromatic nitrogens is 2. The zero-order chi connectivity index (χ0) is 16.8. The van der Waals surface area contributed by atoms with Gasteiger partial charge in [0.05, 0.1) is 10.2 Å². The van der Waals surface area contributed by atoms with Gasteiger partial charge in [0.2, 0.25) is 0 Å². The Morgan fingerprint density at radius 3 is 2.54 bits per heavy atom. The first-order valence-corrected chi connectivity index (χ1v) is 9.75. The van der Waals surface area contributed by atoms with E-state index in [0.29, 0.717) is 0 Å². The second kappa shape index (κ2) is 6.01. The molecular formula is C20H17IN2S. The Morgan fingerprint density at radius 1 is 1.00 bits per heavy atom. The fourth-order valence-corrected chi connectivity index (χ4v) is 4.62. The summed E-state index contributed by atoms with van der Waals surface area (Å²) in [5, 5.41) is 1.09. The quantitative estimate of drug-likeness (QED) is 0.333. The van der Waals surface area contributed by atoms with Gasteiger partial charge in [-0.15, -0.1) is 11.3 Å². The second-order valence-electron chi connectivity index (χ2n) is 6.04. The lowest BCUT2D eigenvalue weighted by atomic mass is 10.2. The van der Waals surface area contributed by atoms with Crippen molar-refractivity contribution < 1.29 is 0 Å². The first-order valence-electron chi connectivity index (χ1n) is 7.86. The molecule has 0 saturated heterocycles. The minimum absolute atomic E-state index is 1.08. The molecule has 2 aromatic heterocycles. The van der Waals surface area contributed by atoms with E-state index < -0.39 is 0 Å². The molecule has 0 unspecified atom stereocenters. The number of rotatable bonds is 2. The molecule has 0 aliphatic heterocycles. The van der Waals surface area contributed by atoms with Gasteiger partial charge in [-0.2, -0.15) is 0 Å². The fourth-order valence-electron chi connectivity index (χ4n) is 3.08. The standard InChI is InChI=1S/C20H17IN2S/c1-12-8-9-15(11-17(12)21)23-13(2)10-16(14(23)3)20-22-18-6-4-5-7-19(18)24-20/h4-11H,1-3H3. The summed E-state index contributed by atoms with van der Waals surface area (Å²) >= 11 is 4.17. The van der Waals surface area contributed by atoms with Crippen LogP contribution in [0, 0.1) is 24.3 Å². The van der Waals surface area contributed by atoms with E-state index in [-0.39, 0.29) is 0 Å². The second-order valence-corrected chi connectivity index (χ2v) is 8.23. The third-order valence-corrected chi connectivity index (χ3v) is 6.60. The highest BCUT2D eigenvalue weighted by Crippen LogP contribution is 2.35. The van der Waals surface area contributed by atoms with E-state index in [4.69, 9.17) is 4.98 Å². The Labute approximate surface area is 159 Å². The number of aryl methyl sites for hydroxylation is 2. The maximum atomic E-state index is 4.83. The maximum Gasteiger partial charge on any atom is 0.126 e. The van der Waals surface area contributed by atoms with Crippen LogP contribution in [0.5, 0.6) is 0 Å². The molecule has 0 spiro atoms. The van der Waals surface area contributed by atoms with Gasteiger partial charge in [0.15, 0.2) is 0 Å². The Balaban J connectivity index is 1.88. The van der Waals surface area contributed by atoms with Crippen molar-refractivity contribution in [1.82, 2.24) is 9.55 Å². The number of fused-ring (bicyclic) bond motifs is 1.